The summed E-state index contributed by atoms with van der Waals surface area (Å²) in [4.78, 5) is 24.5. The topological polar surface area (TPSA) is 77.8 Å². The summed E-state index contributed by atoms with van der Waals surface area (Å²) in [5.74, 6) is 0.351. The molecule has 180 valence electrons. The fraction of sp³-hybridized carbons (Fsp3) is 0.133. The summed E-state index contributed by atoms with van der Waals surface area (Å²) in [7, 11) is 0. The van der Waals surface area contributed by atoms with Crippen LogP contribution in [0.25, 0.3) is 21.7 Å². The van der Waals surface area contributed by atoms with Crippen LogP contribution in [-0.4, -0.2) is 34.8 Å². The van der Waals surface area contributed by atoms with Crippen LogP contribution < -0.4 is 9.47 Å². The van der Waals surface area contributed by atoms with Gasteiger partial charge in [-0.15, -0.1) is 0 Å². The third-order valence-corrected chi connectivity index (χ3v) is 6.11. The minimum atomic E-state index is -0.905. The lowest BCUT2D eigenvalue weighted by Crippen LogP contribution is -2.13. The molecule has 0 unspecified atom stereocenters. The third-order valence-electron chi connectivity index (χ3n) is 6.11. The molecule has 0 aliphatic heterocycles. The summed E-state index contributed by atoms with van der Waals surface area (Å²) in [6.07, 6.45) is -0.0917. The second kappa shape index (κ2) is 9.96. The molecule has 1 aromatic heterocycles. The molecule has 5 rings (SSSR count). The molecule has 0 radical (unpaired) electrons. The summed E-state index contributed by atoms with van der Waals surface area (Å²) < 4.78 is 13.2. The van der Waals surface area contributed by atoms with E-state index in [1.54, 1.807) is 41.0 Å². The number of aryl methyl sites for hydroxylation is 1. The van der Waals surface area contributed by atoms with Crippen molar-refractivity contribution in [2.75, 3.05) is 13.2 Å². The number of carboxylic acids is 1. The molecule has 0 aliphatic rings. The van der Waals surface area contributed by atoms with Gasteiger partial charge < -0.3 is 14.6 Å². The first kappa shape index (κ1) is 23.2. The van der Waals surface area contributed by atoms with Crippen LogP contribution in [0.5, 0.6) is 11.5 Å². The van der Waals surface area contributed by atoms with Crippen LogP contribution in [0.15, 0.2) is 91.0 Å². The molecule has 6 heteroatoms. The molecule has 0 fully saturated rings. The van der Waals surface area contributed by atoms with Gasteiger partial charge in [0.15, 0.2) is 0 Å². The summed E-state index contributed by atoms with van der Waals surface area (Å²) in [5.41, 5.74) is 2.64. The van der Waals surface area contributed by atoms with E-state index in [4.69, 9.17) is 9.47 Å². The molecule has 0 bridgehead atoms. The number of carbonyl (C=O) groups is 2. The predicted molar refractivity (Wildman–Crippen MR) is 139 cm³/mol. The second-order valence-corrected chi connectivity index (χ2v) is 8.58. The number of aromatic nitrogens is 1. The van der Waals surface area contributed by atoms with E-state index in [9.17, 15) is 14.7 Å². The number of rotatable bonds is 8. The standard InChI is InChI=1S/C30H25NO5/c1-20-17-27-24(19-29(32)33)7-4-8-28(27)31(20)30(34)22-10-12-25(13-11-22)35-15-16-36-26-14-9-21-5-2-3-6-23(21)18-26/h2-14,17-18H,15-16,19H2,1H3,(H,32,33). The number of carboxylic acid groups (broad SMARTS) is 1. The number of hydrogen-bond donors (Lipinski definition) is 1. The van der Waals surface area contributed by atoms with Crippen molar-refractivity contribution >= 4 is 33.6 Å². The maximum Gasteiger partial charge on any atom is 0.307 e. The molecule has 36 heavy (non-hydrogen) atoms. The van der Waals surface area contributed by atoms with Crippen LogP contribution in [0.1, 0.15) is 21.6 Å². The van der Waals surface area contributed by atoms with Crippen molar-refractivity contribution in [3.8, 4) is 11.5 Å². The van der Waals surface area contributed by atoms with Crippen molar-refractivity contribution in [2.24, 2.45) is 0 Å². The second-order valence-electron chi connectivity index (χ2n) is 8.58. The number of carbonyl (C=O) groups excluding carboxylic acids is 1. The Kier molecular flexibility index (Phi) is 6.41. The number of hydrogen-bond acceptors (Lipinski definition) is 4. The van der Waals surface area contributed by atoms with E-state index in [0.717, 1.165) is 22.2 Å². The SMILES string of the molecule is Cc1cc2c(CC(=O)O)cccc2n1C(=O)c1ccc(OCCOc2ccc3ccccc3c2)cc1. The summed E-state index contributed by atoms with van der Waals surface area (Å²) in [6.45, 7) is 2.61. The molecule has 0 aliphatic carbocycles. The molecular weight excluding hydrogens is 454 g/mol. The van der Waals surface area contributed by atoms with Gasteiger partial charge in [0.2, 0.25) is 0 Å². The van der Waals surface area contributed by atoms with E-state index in [-0.39, 0.29) is 12.3 Å². The summed E-state index contributed by atoms with van der Waals surface area (Å²) >= 11 is 0. The zero-order valence-electron chi connectivity index (χ0n) is 19.8. The van der Waals surface area contributed by atoms with Crippen molar-refractivity contribution in [2.45, 2.75) is 13.3 Å². The first-order chi connectivity index (χ1) is 17.5. The monoisotopic (exact) mass is 479 g/mol. The Hall–Kier alpha value is -4.58. The maximum atomic E-state index is 13.3. The number of nitrogens with zero attached hydrogens (tertiary/aromatic N) is 1. The van der Waals surface area contributed by atoms with Gasteiger partial charge in [0, 0.05) is 16.6 Å². The molecule has 1 heterocycles. The highest BCUT2D eigenvalue weighted by Crippen LogP contribution is 2.26. The minimum absolute atomic E-state index is 0.0917. The minimum Gasteiger partial charge on any atom is -0.490 e. The van der Waals surface area contributed by atoms with Crippen molar-refractivity contribution in [3.05, 3.63) is 108 Å². The van der Waals surface area contributed by atoms with Crippen molar-refractivity contribution in [3.63, 3.8) is 0 Å². The molecule has 6 nitrogen and oxygen atoms in total. The first-order valence-electron chi connectivity index (χ1n) is 11.7. The number of fused-ring (bicyclic) bond motifs is 2. The highest BCUT2D eigenvalue weighted by atomic mass is 16.5. The Labute approximate surface area is 208 Å². The number of benzene rings is 4. The lowest BCUT2D eigenvalue weighted by molar-refractivity contribution is -0.136. The van der Waals surface area contributed by atoms with Crippen LogP contribution in [0.3, 0.4) is 0 Å². The maximum absolute atomic E-state index is 13.3. The molecule has 4 aromatic carbocycles. The Morgan fingerprint density at radius 2 is 1.47 bits per heavy atom. The number of ether oxygens (including phenoxy) is 2. The van der Waals surface area contributed by atoms with Crippen LogP contribution in [0.2, 0.25) is 0 Å². The van der Waals surface area contributed by atoms with Gasteiger partial charge in [-0.1, -0.05) is 42.5 Å². The predicted octanol–water partition coefficient (Wildman–Crippen LogP) is 5.88. The van der Waals surface area contributed by atoms with Crippen molar-refractivity contribution in [1.29, 1.82) is 0 Å². The molecule has 0 saturated carbocycles. The Balaban J connectivity index is 1.23. The van der Waals surface area contributed by atoms with Crippen LogP contribution in [0.4, 0.5) is 0 Å². The molecule has 0 amide bonds. The molecule has 5 aromatic rings. The Bertz CT molecular complexity index is 1570. The van der Waals surface area contributed by atoms with Gasteiger partial charge in [0.1, 0.15) is 24.7 Å². The summed E-state index contributed by atoms with van der Waals surface area (Å²) in [6, 6.07) is 28.3. The molecular formula is C30H25NO5. The quantitative estimate of drug-likeness (QED) is 0.281. The van der Waals surface area contributed by atoms with E-state index in [1.807, 2.05) is 49.4 Å². The third kappa shape index (κ3) is 4.79. The van der Waals surface area contributed by atoms with Crippen LogP contribution in [-0.2, 0) is 11.2 Å². The van der Waals surface area contributed by atoms with Gasteiger partial charge in [-0.25, -0.2) is 0 Å². The average Bonchev–Trinajstić information content (AvgIpc) is 3.23. The van der Waals surface area contributed by atoms with Crippen LogP contribution >= 0.6 is 0 Å². The summed E-state index contributed by atoms with van der Waals surface area (Å²) in [5, 5.41) is 12.3. The zero-order chi connectivity index (χ0) is 25.1. The van der Waals surface area contributed by atoms with E-state index < -0.39 is 5.97 Å². The van der Waals surface area contributed by atoms with Gasteiger partial charge >= 0.3 is 5.97 Å². The van der Waals surface area contributed by atoms with E-state index in [1.165, 1.54) is 5.39 Å². The average molecular weight is 480 g/mol. The van der Waals surface area contributed by atoms with Crippen molar-refractivity contribution < 1.29 is 24.2 Å². The lowest BCUT2D eigenvalue weighted by atomic mass is 10.1. The Morgan fingerprint density at radius 1 is 0.778 bits per heavy atom. The van der Waals surface area contributed by atoms with Gasteiger partial charge in [-0.05, 0) is 71.8 Å². The van der Waals surface area contributed by atoms with Gasteiger partial charge in [-0.3, -0.25) is 14.2 Å². The number of aliphatic carboxylic acids is 1. The van der Waals surface area contributed by atoms with Gasteiger partial charge in [0.25, 0.3) is 5.91 Å². The Morgan fingerprint density at radius 3 is 2.22 bits per heavy atom. The molecule has 0 saturated heterocycles. The smallest absolute Gasteiger partial charge is 0.307 e. The van der Waals surface area contributed by atoms with Gasteiger partial charge in [-0.2, -0.15) is 0 Å². The largest absolute Gasteiger partial charge is 0.490 e. The normalized spacial score (nSPS) is 11.0. The van der Waals surface area contributed by atoms with E-state index in [0.29, 0.717) is 35.6 Å². The van der Waals surface area contributed by atoms with E-state index in [2.05, 4.69) is 12.1 Å². The lowest BCUT2D eigenvalue weighted by Gasteiger charge is -2.11. The van der Waals surface area contributed by atoms with Crippen LogP contribution in [0, 0.1) is 6.92 Å². The zero-order valence-corrected chi connectivity index (χ0v) is 19.8. The molecule has 1 N–H and O–H groups in total. The molecule has 0 atom stereocenters. The van der Waals surface area contributed by atoms with E-state index >= 15 is 0 Å². The fourth-order valence-electron chi connectivity index (χ4n) is 4.41. The first-order valence-corrected chi connectivity index (χ1v) is 11.7. The fourth-order valence-corrected chi connectivity index (χ4v) is 4.41. The van der Waals surface area contributed by atoms with Crippen molar-refractivity contribution in [1.82, 2.24) is 4.57 Å². The van der Waals surface area contributed by atoms with Gasteiger partial charge in [0.05, 0.1) is 11.9 Å². The highest BCUT2D eigenvalue weighted by molar-refractivity contribution is 6.04. The molecule has 0 spiro atoms. The highest BCUT2D eigenvalue weighted by Gasteiger charge is 2.17.